The zero-order valence-electron chi connectivity index (χ0n) is 19.4. The Balaban J connectivity index is 1.50. The number of aliphatic imine (C=N–C) groups is 1. The lowest BCUT2D eigenvalue weighted by atomic mass is 9.99. The molecule has 0 aromatic carbocycles. The van der Waals surface area contributed by atoms with E-state index in [1.165, 1.54) is 49.8 Å². The highest BCUT2D eigenvalue weighted by atomic mass is 16.5. The van der Waals surface area contributed by atoms with Crippen LogP contribution in [0, 0.1) is 13.8 Å². The second-order valence-electron chi connectivity index (χ2n) is 9.67. The van der Waals surface area contributed by atoms with Gasteiger partial charge >= 0.3 is 0 Å². The summed E-state index contributed by atoms with van der Waals surface area (Å²) in [5.41, 5.74) is 11.1. The number of nitrogens with zero attached hydrogens (tertiary/aromatic N) is 5. The van der Waals surface area contributed by atoms with Gasteiger partial charge in [0, 0.05) is 41.5 Å². The number of ether oxygens (including phenoxy) is 1. The summed E-state index contributed by atoms with van der Waals surface area (Å²) in [6.07, 6.45) is 10.7. The number of aromatic nitrogens is 3. The van der Waals surface area contributed by atoms with E-state index in [0.717, 1.165) is 34.8 Å². The van der Waals surface area contributed by atoms with E-state index in [-0.39, 0.29) is 12.2 Å². The standard InChI is InChI=1S/C25H34N6O/c1-15-10-21-23(18-6-4-5-7-18)29-25(30-24(21)28-17(15)3)31-13-16(2)32-22(14-31)19(11-26)12-27-20-8-9-20/h10-12,16,18,20,22H,4-9,13-14,26H2,1-3H3/b19-11+,27-12?. The Hall–Kier alpha value is -2.54. The van der Waals surface area contributed by atoms with Gasteiger partial charge in [0.05, 0.1) is 24.4 Å². The van der Waals surface area contributed by atoms with Crippen LogP contribution >= 0.6 is 0 Å². The van der Waals surface area contributed by atoms with E-state index >= 15 is 0 Å². The maximum Gasteiger partial charge on any atom is 0.227 e. The van der Waals surface area contributed by atoms with Crippen molar-refractivity contribution >= 4 is 23.2 Å². The molecule has 2 saturated carbocycles. The summed E-state index contributed by atoms with van der Waals surface area (Å²) >= 11 is 0. The van der Waals surface area contributed by atoms with Crippen LogP contribution in [0.3, 0.4) is 0 Å². The number of pyridine rings is 1. The normalized spacial score (nSPS) is 25.3. The van der Waals surface area contributed by atoms with Gasteiger partial charge in [0.25, 0.3) is 0 Å². The number of rotatable bonds is 5. The van der Waals surface area contributed by atoms with E-state index in [1.807, 2.05) is 6.21 Å². The fraction of sp³-hybridized carbons (Fsp3) is 0.600. The lowest BCUT2D eigenvalue weighted by molar-refractivity contribution is 0.00664. The van der Waals surface area contributed by atoms with Crippen molar-refractivity contribution in [2.45, 2.75) is 83.5 Å². The van der Waals surface area contributed by atoms with Crippen LogP contribution < -0.4 is 10.6 Å². The Kier molecular flexibility index (Phi) is 5.84. The van der Waals surface area contributed by atoms with Gasteiger partial charge in [-0.1, -0.05) is 12.8 Å². The minimum Gasteiger partial charge on any atom is -0.404 e. The first kappa shape index (κ1) is 21.3. The highest BCUT2D eigenvalue weighted by Crippen LogP contribution is 2.37. The number of hydrogen-bond acceptors (Lipinski definition) is 7. The molecule has 1 saturated heterocycles. The molecule has 0 radical (unpaired) electrons. The quantitative estimate of drug-likeness (QED) is 0.716. The van der Waals surface area contributed by atoms with E-state index in [1.54, 1.807) is 6.20 Å². The molecule has 0 spiro atoms. The van der Waals surface area contributed by atoms with Crippen molar-refractivity contribution in [2.24, 2.45) is 10.7 Å². The van der Waals surface area contributed by atoms with Crippen molar-refractivity contribution in [3.63, 3.8) is 0 Å². The number of aryl methyl sites for hydroxylation is 2. The number of fused-ring (bicyclic) bond motifs is 1. The molecule has 2 unspecified atom stereocenters. The highest BCUT2D eigenvalue weighted by Gasteiger charge is 2.31. The first-order chi connectivity index (χ1) is 15.5. The summed E-state index contributed by atoms with van der Waals surface area (Å²) in [5.74, 6) is 1.24. The second kappa shape index (κ2) is 8.77. The van der Waals surface area contributed by atoms with Crippen LogP contribution in [0.25, 0.3) is 11.0 Å². The SMILES string of the molecule is Cc1cc2c(C3CCCC3)nc(N3CC(C)OC(/C(C=NC4CC4)=C/N)C3)nc2nc1C. The van der Waals surface area contributed by atoms with Crippen LogP contribution in [0.1, 0.15) is 68.3 Å². The molecule has 2 aromatic rings. The summed E-state index contributed by atoms with van der Waals surface area (Å²) in [6, 6.07) is 2.68. The van der Waals surface area contributed by atoms with Gasteiger partial charge in [0.15, 0.2) is 5.65 Å². The lowest BCUT2D eigenvalue weighted by Crippen LogP contribution is -2.48. The zero-order valence-corrected chi connectivity index (χ0v) is 19.4. The number of anilines is 1. The molecule has 0 bridgehead atoms. The molecule has 0 amide bonds. The topological polar surface area (TPSA) is 89.5 Å². The summed E-state index contributed by atoms with van der Waals surface area (Å²) in [6.45, 7) is 7.66. The van der Waals surface area contributed by atoms with E-state index in [9.17, 15) is 0 Å². The number of morpholine rings is 1. The molecular weight excluding hydrogens is 400 g/mol. The molecule has 3 fully saturated rings. The summed E-state index contributed by atoms with van der Waals surface area (Å²) in [5, 5.41) is 1.11. The highest BCUT2D eigenvalue weighted by molar-refractivity contribution is 5.81. The third-order valence-corrected chi connectivity index (χ3v) is 6.98. The zero-order chi connectivity index (χ0) is 22.2. The van der Waals surface area contributed by atoms with Gasteiger partial charge in [-0.15, -0.1) is 0 Å². The molecular formula is C25H34N6O. The van der Waals surface area contributed by atoms with Crippen molar-refractivity contribution in [1.29, 1.82) is 0 Å². The van der Waals surface area contributed by atoms with Crippen LogP contribution in [-0.2, 0) is 4.74 Å². The number of nitrogens with two attached hydrogens (primary N) is 1. The van der Waals surface area contributed by atoms with Crippen molar-refractivity contribution in [3.05, 3.63) is 34.8 Å². The molecule has 2 aliphatic carbocycles. The Labute approximate surface area is 190 Å². The second-order valence-corrected chi connectivity index (χ2v) is 9.67. The maximum atomic E-state index is 6.24. The third kappa shape index (κ3) is 4.35. The van der Waals surface area contributed by atoms with Crippen LogP contribution in [-0.4, -0.2) is 52.5 Å². The Morgan fingerprint density at radius 2 is 1.91 bits per heavy atom. The van der Waals surface area contributed by atoms with Crippen LogP contribution in [0.5, 0.6) is 0 Å². The smallest absolute Gasteiger partial charge is 0.227 e. The number of hydrogen-bond donors (Lipinski definition) is 1. The van der Waals surface area contributed by atoms with Gasteiger partial charge in [0.1, 0.15) is 6.10 Å². The molecule has 7 nitrogen and oxygen atoms in total. The Morgan fingerprint density at radius 3 is 2.62 bits per heavy atom. The van der Waals surface area contributed by atoms with Crippen LogP contribution in [0.4, 0.5) is 5.95 Å². The average Bonchev–Trinajstić information content (AvgIpc) is 3.44. The Bertz CT molecular complexity index is 1050. The summed E-state index contributed by atoms with van der Waals surface area (Å²) < 4.78 is 6.24. The van der Waals surface area contributed by atoms with Gasteiger partial charge in [-0.05, 0) is 58.1 Å². The van der Waals surface area contributed by atoms with E-state index < -0.39 is 0 Å². The van der Waals surface area contributed by atoms with E-state index in [0.29, 0.717) is 18.5 Å². The predicted molar refractivity (Wildman–Crippen MR) is 128 cm³/mol. The minimum atomic E-state index is -0.145. The monoisotopic (exact) mass is 434 g/mol. The van der Waals surface area contributed by atoms with Gasteiger partial charge in [0.2, 0.25) is 5.95 Å². The van der Waals surface area contributed by atoms with Crippen molar-refractivity contribution in [1.82, 2.24) is 15.0 Å². The van der Waals surface area contributed by atoms with Crippen molar-refractivity contribution < 1.29 is 4.74 Å². The van der Waals surface area contributed by atoms with E-state index in [2.05, 4.69) is 36.7 Å². The molecule has 3 heterocycles. The minimum absolute atomic E-state index is 0.0416. The first-order valence-electron chi connectivity index (χ1n) is 12.0. The van der Waals surface area contributed by atoms with Gasteiger partial charge in [-0.2, -0.15) is 4.98 Å². The molecule has 170 valence electrons. The fourth-order valence-electron chi connectivity index (χ4n) is 4.85. The Morgan fingerprint density at radius 1 is 1.12 bits per heavy atom. The largest absolute Gasteiger partial charge is 0.404 e. The van der Waals surface area contributed by atoms with Crippen molar-refractivity contribution in [3.8, 4) is 0 Å². The summed E-state index contributed by atoms with van der Waals surface area (Å²) in [7, 11) is 0. The molecule has 1 aliphatic heterocycles. The lowest BCUT2D eigenvalue weighted by Gasteiger charge is -2.37. The van der Waals surface area contributed by atoms with Gasteiger partial charge in [-0.25, -0.2) is 9.97 Å². The third-order valence-electron chi connectivity index (χ3n) is 6.98. The molecule has 3 aliphatic rings. The van der Waals surface area contributed by atoms with Crippen molar-refractivity contribution in [2.75, 3.05) is 18.0 Å². The van der Waals surface area contributed by atoms with E-state index in [4.69, 9.17) is 25.4 Å². The van der Waals surface area contributed by atoms with Gasteiger partial charge in [-0.3, -0.25) is 4.99 Å². The summed E-state index contributed by atoms with van der Waals surface area (Å²) in [4.78, 5) is 21.8. The predicted octanol–water partition coefficient (Wildman–Crippen LogP) is 3.97. The van der Waals surface area contributed by atoms with Gasteiger partial charge < -0.3 is 15.4 Å². The molecule has 2 N–H and O–H groups in total. The molecule has 7 heteroatoms. The molecule has 5 rings (SSSR count). The molecule has 2 aromatic heterocycles. The fourth-order valence-corrected chi connectivity index (χ4v) is 4.85. The molecule has 2 atom stereocenters. The average molecular weight is 435 g/mol. The van der Waals surface area contributed by atoms with Crippen LogP contribution in [0.2, 0.25) is 0 Å². The molecule has 32 heavy (non-hydrogen) atoms. The maximum absolute atomic E-state index is 6.24. The first-order valence-corrected chi connectivity index (χ1v) is 12.0. The van der Waals surface area contributed by atoms with Crippen LogP contribution in [0.15, 0.2) is 22.8 Å².